The van der Waals surface area contributed by atoms with E-state index in [4.69, 9.17) is 15.0 Å². The smallest absolute Gasteiger partial charge is 0.162 e. The third-order valence-corrected chi connectivity index (χ3v) is 9.59. The number of aromatic nitrogens is 5. The number of para-hydroxylation sites is 3. The molecule has 0 N–H and O–H groups in total. The zero-order chi connectivity index (χ0) is 33.0. The molecule has 10 aromatic rings. The van der Waals surface area contributed by atoms with Gasteiger partial charge in [-0.15, -0.1) is 0 Å². The highest BCUT2D eigenvalue weighted by molar-refractivity contribution is 6.19. The fraction of sp³-hybridized carbons (Fsp3) is 0. The van der Waals surface area contributed by atoms with Crippen LogP contribution in [0.3, 0.4) is 0 Å². The van der Waals surface area contributed by atoms with Crippen molar-refractivity contribution in [2.45, 2.75) is 0 Å². The molecule has 0 saturated heterocycles. The standard InChI is InChI=1S/C45H29N5/c1-4-14-30(15-5-1)39-26-40(31-16-6-2-7-17-31)48-45(47-39)32-24-34(29-46-28-32)50-42-23-13-11-21-36(42)38-25-37-35-20-10-12-22-41(35)49(43(37)27-44(38)50)33-18-8-3-9-19-33/h1-29H. The molecule has 4 aromatic heterocycles. The van der Waals surface area contributed by atoms with Gasteiger partial charge in [-0.05, 0) is 48.5 Å². The van der Waals surface area contributed by atoms with Crippen molar-refractivity contribution in [3.05, 3.63) is 176 Å². The van der Waals surface area contributed by atoms with Gasteiger partial charge in [0.2, 0.25) is 0 Å². The van der Waals surface area contributed by atoms with Gasteiger partial charge in [0.1, 0.15) is 0 Å². The Morgan fingerprint density at radius 1 is 0.340 bits per heavy atom. The number of benzene rings is 6. The normalized spacial score (nSPS) is 11.6. The van der Waals surface area contributed by atoms with Crippen LogP contribution in [0.4, 0.5) is 0 Å². The van der Waals surface area contributed by atoms with Crippen molar-refractivity contribution in [2.24, 2.45) is 0 Å². The molecule has 0 aliphatic carbocycles. The largest absolute Gasteiger partial charge is 0.309 e. The van der Waals surface area contributed by atoms with E-state index in [-0.39, 0.29) is 0 Å². The molecule has 0 fully saturated rings. The Morgan fingerprint density at radius 3 is 1.42 bits per heavy atom. The zero-order valence-corrected chi connectivity index (χ0v) is 27.0. The van der Waals surface area contributed by atoms with E-state index in [1.807, 2.05) is 48.8 Å². The van der Waals surface area contributed by atoms with Gasteiger partial charge in [-0.3, -0.25) is 4.98 Å². The summed E-state index contributed by atoms with van der Waals surface area (Å²) in [4.78, 5) is 15.0. The van der Waals surface area contributed by atoms with E-state index >= 15 is 0 Å². The van der Waals surface area contributed by atoms with Gasteiger partial charge in [-0.1, -0.05) is 115 Å². The molecule has 0 aliphatic heterocycles. The maximum Gasteiger partial charge on any atom is 0.162 e. The molecule has 0 amide bonds. The van der Waals surface area contributed by atoms with Gasteiger partial charge in [-0.2, -0.15) is 0 Å². The van der Waals surface area contributed by atoms with Crippen LogP contribution in [-0.2, 0) is 0 Å². The molecule has 0 saturated carbocycles. The van der Waals surface area contributed by atoms with Crippen molar-refractivity contribution in [3.8, 4) is 45.3 Å². The van der Waals surface area contributed by atoms with Crippen molar-refractivity contribution in [3.63, 3.8) is 0 Å². The average molecular weight is 640 g/mol. The van der Waals surface area contributed by atoms with Gasteiger partial charge < -0.3 is 9.13 Å². The Balaban J connectivity index is 1.22. The summed E-state index contributed by atoms with van der Waals surface area (Å²) in [6.45, 7) is 0. The summed E-state index contributed by atoms with van der Waals surface area (Å²) in [5.41, 5.74) is 11.3. The molecule has 0 bridgehead atoms. The van der Waals surface area contributed by atoms with Gasteiger partial charge in [0, 0.05) is 50.1 Å². The van der Waals surface area contributed by atoms with Gasteiger partial charge in [0.05, 0.1) is 45.3 Å². The van der Waals surface area contributed by atoms with Crippen LogP contribution in [0, 0.1) is 0 Å². The third-order valence-electron chi connectivity index (χ3n) is 9.59. The van der Waals surface area contributed by atoms with Gasteiger partial charge >= 0.3 is 0 Å². The SMILES string of the molecule is c1ccc(-c2cc(-c3ccccc3)nc(-c3cncc(-n4c5ccccc5c5cc6c7ccccc7n(-c7ccccc7)c6cc54)c3)n2)cc1. The van der Waals surface area contributed by atoms with Crippen LogP contribution in [0.5, 0.6) is 0 Å². The Bertz CT molecular complexity index is 2800. The second-order valence-corrected chi connectivity index (χ2v) is 12.6. The predicted molar refractivity (Wildman–Crippen MR) is 205 cm³/mol. The number of hydrogen-bond donors (Lipinski definition) is 0. The summed E-state index contributed by atoms with van der Waals surface area (Å²) in [6, 6.07) is 57.4. The molecule has 5 heteroatoms. The molecule has 0 spiro atoms. The number of fused-ring (bicyclic) bond motifs is 6. The summed E-state index contributed by atoms with van der Waals surface area (Å²) >= 11 is 0. The number of pyridine rings is 1. The van der Waals surface area contributed by atoms with E-state index in [9.17, 15) is 0 Å². The average Bonchev–Trinajstić information content (AvgIpc) is 3.70. The molecule has 10 rings (SSSR count). The Hall–Kier alpha value is -6.85. The number of hydrogen-bond acceptors (Lipinski definition) is 3. The lowest BCUT2D eigenvalue weighted by Gasteiger charge is -2.12. The molecule has 0 unspecified atom stereocenters. The Labute approximate surface area is 288 Å². The van der Waals surface area contributed by atoms with Crippen molar-refractivity contribution in [2.75, 3.05) is 0 Å². The topological polar surface area (TPSA) is 48.5 Å². The molecule has 0 radical (unpaired) electrons. The van der Waals surface area contributed by atoms with Crippen LogP contribution in [0.1, 0.15) is 0 Å². The first-order chi connectivity index (χ1) is 24.8. The van der Waals surface area contributed by atoms with Gasteiger partial charge in [-0.25, -0.2) is 9.97 Å². The molecule has 0 aliphatic rings. The lowest BCUT2D eigenvalue weighted by atomic mass is 10.1. The zero-order valence-electron chi connectivity index (χ0n) is 27.0. The molecular formula is C45H29N5. The van der Waals surface area contributed by atoms with Crippen molar-refractivity contribution in [1.29, 1.82) is 0 Å². The molecule has 50 heavy (non-hydrogen) atoms. The van der Waals surface area contributed by atoms with Crippen LogP contribution >= 0.6 is 0 Å². The maximum atomic E-state index is 5.09. The summed E-state index contributed by atoms with van der Waals surface area (Å²) in [6.07, 6.45) is 3.80. The van der Waals surface area contributed by atoms with E-state index in [0.717, 1.165) is 56.0 Å². The molecule has 234 valence electrons. The predicted octanol–water partition coefficient (Wildman–Crippen LogP) is 11.1. The molecule has 5 nitrogen and oxygen atoms in total. The third kappa shape index (κ3) is 4.52. The first kappa shape index (κ1) is 28.2. The van der Waals surface area contributed by atoms with E-state index in [2.05, 4.69) is 137 Å². The maximum absolute atomic E-state index is 5.09. The van der Waals surface area contributed by atoms with E-state index in [1.54, 1.807) is 0 Å². The summed E-state index contributed by atoms with van der Waals surface area (Å²) in [5, 5.41) is 4.85. The Morgan fingerprint density at radius 2 is 0.840 bits per heavy atom. The van der Waals surface area contributed by atoms with E-state index in [0.29, 0.717) is 5.82 Å². The lowest BCUT2D eigenvalue weighted by Crippen LogP contribution is -1.99. The monoisotopic (exact) mass is 639 g/mol. The van der Waals surface area contributed by atoms with Crippen LogP contribution in [0.15, 0.2) is 176 Å². The molecule has 6 aromatic carbocycles. The van der Waals surface area contributed by atoms with Gasteiger partial charge in [0.25, 0.3) is 0 Å². The quantitative estimate of drug-likeness (QED) is 0.188. The highest BCUT2D eigenvalue weighted by Crippen LogP contribution is 2.40. The minimum atomic E-state index is 0.631. The lowest BCUT2D eigenvalue weighted by molar-refractivity contribution is 1.12. The van der Waals surface area contributed by atoms with E-state index < -0.39 is 0 Å². The van der Waals surface area contributed by atoms with Crippen molar-refractivity contribution in [1.82, 2.24) is 24.1 Å². The Kier molecular flexibility index (Phi) is 6.42. The highest BCUT2D eigenvalue weighted by atomic mass is 15.0. The first-order valence-corrected chi connectivity index (χ1v) is 16.8. The molecule has 0 atom stereocenters. The minimum Gasteiger partial charge on any atom is -0.309 e. The first-order valence-electron chi connectivity index (χ1n) is 16.8. The van der Waals surface area contributed by atoms with Crippen LogP contribution < -0.4 is 0 Å². The summed E-state index contributed by atoms with van der Waals surface area (Å²) < 4.78 is 4.70. The second-order valence-electron chi connectivity index (χ2n) is 12.6. The number of nitrogens with zero attached hydrogens (tertiary/aromatic N) is 5. The van der Waals surface area contributed by atoms with Crippen molar-refractivity contribution >= 4 is 43.6 Å². The van der Waals surface area contributed by atoms with Crippen LogP contribution in [0.2, 0.25) is 0 Å². The fourth-order valence-electron chi connectivity index (χ4n) is 7.33. The fourth-order valence-corrected chi connectivity index (χ4v) is 7.33. The molecular weight excluding hydrogens is 611 g/mol. The summed E-state index contributed by atoms with van der Waals surface area (Å²) in [7, 11) is 0. The highest BCUT2D eigenvalue weighted by Gasteiger charge is 2.19. The second kappa shape index (κ2) is 11.4. The van der Waals surface area contributed by atoms with Gasteiger partial charge in [0.15, 0.2) is 5.82 Å². The van der Waals surface area contributed by atoms with E-state index in [1.165, 1.54) is 27.1 Å². The summed E-state index contributed by atoms with van der Waals surface area (Å²) in [5.74, 6) is 0.631. The minimum absolute atomic E-state index is 0.631. The van der Waals surface area contributed by atoms with Crippen LogP contribution in [-0.4, -0.2) is 24.1 Å². The molecule has 4 heterocycles. The number of rotatable bonds is 5. The van der Waals surface area contributed by atoms with Crippen molar-refractivity contribution < 1.29 is 0 Å². The van der Waals surface area contributed by atoms with Crippen LogP contribution in [0.25, 0.3) is 88.9 Å².